The number of rotatable bonds is 13. The van der Waals surface area contributed by atoms with E-state index in [9.17, 15) is 0 Å². The molecule has 0 spiro atoms. The molecule has 0 amide bonds. The summed E-state index contributed by atoms with van der Waals surface area (Å²) in [5, 5.41) is 16.4. The molecule has 8 heteroatoms. The van der Waals surface area contributed by atoms with Crippen LogP contribution in [-0.4, -0.2) is 53.7 Å². The van der Waals surface area contributed by atoms with Gasteiger partial charge in [-0.05, 0) is 37.5 Å². The molecule has 1 heterocycles. The molecule has 2 N–H and O–H groups in total. The fraction of sp³-hybridized carbons (Fsp3) is 0.609. The minimum Gasteiger partial charge on any atom is -0.374 e. The molecule has 172 valence electrons. The second kappa shape index (κ2) is 14.1. The predicted molar refractivity (Wildman–Crippen MR) is 130 cm³/mol. The van der Waals surface area contributed by atoms with E-state index in [1.807, 2.05) is 18.2 Å². The first-order valence-corrected chi connectivity index (χ1v) is 12.3. The maximum atomic E-state index is 5.92. The number of benzene rings is 1. The van der Waals surface area contributed by atoms with E-state index in [0.29, 0.717) is 12.5 Å². The second-order valence-corrected chi connectivity index (χ2v) is 8.69. The van der Waals surface area contributed by atoms with Gasteiger partial charge in [0.2, 0.25) is 0 Å². The summed E-state index contributed by atoms with van der Waals surface area (Å²) in [6.45, 7) is 9.86. The molecule has 0 radical (unpaired) electrons. The molecule has 0 bridgehead atoms. The number of aliphatic imine (C=N–C) groups is 1. The lowest BCUT2D eigenvalue weighted by Gasteiger charge is -2.15. The standard InChI is InChI=1S/C23H38N6OS/c1-18(2)17-29-21(27-28-23(29)31-5)13-9-14-25-22(24-4)26-15-10-16-30-19(3)20-11-7-6-8-12-20/h6-8,11-12,18-19H,9-10,13-17H2,1-5H3,(H2,24,25,26). The fourth-order valence-electron chi connectivity index (χ4n) is 3.24. The van der Waals surface area contributed by atoms with E-state index >= 15 is 0 Å². The van der Waals surface area contributed by atoms with Crippen molar-refractivity contribution in [3.63, 3.8) is 0 Å². The third kappa shape index (κ3) is 8.91. The van der Waals surface area contributed by atoms with E-state index in [4.69, 9.17) is 4.74 Å². The zero-order chi connectivity index (χ0) is 22.5. The van der Waals surface area contributed by atoms with Crippen molar-refractivity contribution in [1.82, 2.24) is 25.4 Å². The molecule has 1 aromatic heterocycles. The Morgan fingerprint density at radius 2 is 1.81 bits per heavy atom. The van der Waals surface area contributed by atoms with Crippen molar-refractivity contribution >= 4 is 17.7 Å². The third-order valence-corrected chi connectivity index (χ3v) is 5.53. The van der Waals surface area contributed by atoms with E-state index in [1.54, 1.807) is 18.8 Å². The van der Waals surface area contributed by atoms with Crippen LogP contribution in [0.4, 0.5) is 0 Å². The van der Waals surface area contributed by atoms with Crippen LogP contribution < -0.4 is 10.6 Å². The second-order valence-electron chi connectivity index (χ2n) is 7.91. The first-order chi connectivity index (χ1) is 15.0. The zero-order valence-corrected chi connectivity index (χ0v) is 20.4. The van der Waals surface area contributed by atoms with Crippen molar-refractivity contribution in [3.8, 4) is 0 Å². The molecule has 0 saturated carbocycles. The highest BCUT2D eigenvalue weighted by Crippen LogP contribution is 2.17. The van der Waals surface area contributed by atoms with Gasteiger partial charge in [-0.1, -0.05) is 55.9 Å². The Labute approximate surface area is 191 Å². The van der Waals surface area contributed by atoms with Gasteiger partial charge in [0.15, 0.2) is 11.1 Å². The molecule has 7 nitrogen and oxygen atoms in total. The van der Waals surface area contributed by atoms with Crippen LogP contribution in [0.5, 0.6) is 0 Å². The number of aryl methyl sites for hydroxylation is 1. The molecule has 0 aliphatic carbocycles. The summed E-state index contributed by atoms with van der Waals surface area (Å²) in [6.07, 6.45) is 4.96. The average Bonchev–Trinajstić information content (AvgIpc) is 3.16. The van der Waals surface area contributed by atoms with Crippen LogP contribution in [0.25, 0.3) is 0 Å². The zero-order valence-electron chi connectivity index (χ0n) is 19.6. The summed E-state index contributed by atoms with van der Waals surface area (Å²) < 4.78 is 8.17. The van der Waals surface area contributed by atoms with Gasteiger partial charge >= 0.3 is 0 Å². The number of aromatic nitrogens is 3. The summed E-state index contributed by atoms with van der Waals surface area (Å²) in [4.78, 5) is 4.30. The Hall–Kier alpha value is -2.06. The maximum Gasteiger partial charge on any atom is 0.190 e. The Kier molecular flexibility index (Phi) is 11.5. The first kappa shape index (κ1) is 25.2. The lowest BCUT2D eigenvalue weighted by molar-refractivity contribution is 0.0646. The van der Waals surface area contributed by atoms with Gasteiger partial charge in [0.1, 0.15) is 5.82 Å². The van der Waals surface area contributed by atoms with Crippen LogP contribution >= 0.6 is 11.8 Å². The molecular weight excluding hydrogens is 408 g/mol. The van der Waals surface area contributed by atoms with E-state index in [-0.39, 0.29) is 6.10 Å². The first-order valence-electron chi connectivity index (χ1n) is 11.1. The highest BCUT2D eigenvalue weighted by Gasteiger charge is 2.12. The molecule has 1 atom stereocenters. The van der Waals surface area contributed by atoms with Gasteiger partial charge in [0.25, 0.3) is 0 Å². The largest absolute Gasteiger partial charge is 0.374 e. The number of hydrogen-bond acceptors (Lipinski definition) is 5. The van der Waals surface area contributed by atoms with E-state index < -0.39 is 0 Å². The minimum absolute atomic E-state index is 0.114. The van der Waals surface area contributed by atoms with Crippen molar-refractivity contribution in [3.05, 3.63) is 41.7 Å². The summed E-state index contributed by atoms with van der Waals surface area (Å²) in [6, 6.07) is 10.3. The number of ether oxygens (including phenoxy) is 1. The molecule has 0 aliphatic rings. The molecule has 0 fully saturated rings. The third-order valence-electron chi connectivity index (χ3n) is 4.87. The Balaban J connectivity index is 1.63. The lowest BCUT2D eigenvalue weighted by Crippen LogP contribution is -2.38. The van der Waals surface area contributed by atoms with Crippen LogP contribution in [0, 0.1) is 5.92 Å². The van der Waals surface area contributed by atoms with Crippen molar-refractivity contribution in [2.24, 2.45) is 10.9 Å². The summed E-state index contributed by atoms with van der Waals surface area (Å²) in [5.74, 6) is 2.46. The van der Waals surface area contributed by atoms with E-state index in [1.165, 1.54) is 5.56 Å². The molecular formula is C23H38N6OS. The van der Waals surface area contributed by atoms with Gasteiger partial charge in [-0.2, -0.15) is 0 Å². The van der Waals surface area contributed by atoms with Crippen molar-refractivity contribution in [2.75, 3.05) is 33.0 Å². The van der Waals surface area contributed by atoms with Crippen molar-refractivity contribution in [2.45, 2.75) is 57.8 Å². The summed E-state index contributed by atoms with van der Waals surface area (Å²) in [7, 11) is 1.80. The Morgan fingerprint density at radius 3 is 2.45 bits per heavy atom. The topological polar surface area (TPSA) is 76.4 Å². The quantitative estimate of drug-likeness (QED) is 0.210. The van der Waals surface area contributed by atoms with E-state index in [2.05, 4.69) is 69.6 Å². The fourth-order valence-corrected chi connectivity index (χ4v) is 3.76. The average molecular weight is 447 g/mol. The maximum absolute atomic E-state index is 5.92. The van der Waals surface area contributed by atoms with Gasteiger partial charge < -0.3 is 19.9 Å². The van der Waals surface area contributed by atoms with Crippen molar-refractivity contribution in [1.29, 1.82) is 0 Å². The lowest BCUT2D eigenvalue weighted by atomic mass is 10.1. The Bertz CT molecular complexity index is 778. The van der Waals surface area contributed by atoms with Gasteiger partial charge in [-0.3, -0.25) is 4.99 Å². The molecule has 2 rings (SSSR count). The monoisotopic (exact) mass is 446 g/mol. The number of guanidine groups is 1. The smallest absolute Gasteiger partial charge is 0.190 e. The number of thioether (sulfide) groups is 1. The highest BCUT2D eigenvalue weighted by atomic mass is 32.2. The molecule has 1 aromatic carbocycles. The van der Waals surface area contributed by atoms with Crippen LogP contribution in [0.3, 0.4) is 0 Å². The molecule has 2 aromatic rings. The van der Waals surface area contributed by atoms with Crippen LogP contribution in [0.1, 0.15) is 51.1 Å². The summed E-state index contributed by atoms with van der Waals surface area (Å²) in [5.41, 5.74) is 1.21. The van der Waals surface area contributed by atoms with Gasteiger partial charge in [-0.15, -0.1) is 10.2 Å². The van der Waals surface area contributed by atoms with E-state index in [0.717, 1.165) is 55.8 Å². The number of nitrogens with one attached hydrogen (secondary N) is 2. The molecule has 1 unspecified atom stereocenters. The van der Waals surface area contributed by atoms with Gasteiger partial charge in [0.05, 0.1) is 6.10 Å². The Morgan fingerprint density at radius 1 is 1.10 bits per heavy atom. The molecule has 0 saturated heterocycles. The van der Waals surface area contributed by atoms with Gasteiger partial charge in [-0.25, -0.2) is 0 Å². The molecule has 31 heavy (non-hydrogen) atoms. The SMILES string of the molecule is CN=C(NCCCOC(C)c1ccccc1)NCCCc1nnc(SC)n1CC(C)C. The van der Waals surface area contributed by atoms with Crippen LogP contribution in [0.2, 0.25) is 0 Å². The number of hydrogen-bond donors (Lipinski definition) is 2. The van der Waals surface area contributed by atoms with Crippen LogP contribution in [-0.2, 0) is 17.7 Å². The van der Waals surface area contributed by atoms with Crippen LogP contribution in [0.15, 0.2) is 40.5 Å². The predicted octanol–water partition coefficient (Wildman–Crippen LogP) is 3.92. The normalized spacial score (nSPS) is 12.9. The van der Waals surface area contributed by atoms with Gasteiger partial charge in [0, 0.05) is 39.7 Å². The molecule has 0 aliphatic heterocycles. The number of nitrogens with zero attached hydrogens (tertiary/aromatic N) is 4. The van der Waals surface area contributed by atoms with Crippen molar-refractivity contribution < 1.29 is 4.74 Å². The minimum atomic E-state index is 0.114. The summed E-state index contributed by atoms with van der Waals surface area (Å²) >= 11 is 1.65. The highest BCUT2D eigenvalue weighted by molar-refractivity contribution is 7.98.